The number of carbonyl (C=O) groups excluding carboxylic acids is 1. The summed E-state index contributed by atoms with van der Waals surface area (Å²) in [5.74, 6) is -0.233. The van der Waals surface area contributed by atoms with E-state index in [0.29, 0.717) is 0 Å². The lowest BCUT2D eigenvalue weighted by Crippen LogP contribution is -2.36. The topological polar surface area (TPSA) is 17.1 Å². The molecule has 1 fully saturated rings. The quantitative estimate of drug-likeness (QED) is 0.478. The lowest BCUT2D eigenvalue weighted by Gasteiger charge is -2.33. The van der Waals surface area contributed by atoms with Gasteiger partial charge in [0, 0.05) is 9.73 Å². The second-order valence-electron chi connectivity index (χ2n) is 4.06. The number of rotatable bonds is 1. The van der Waals surface area contributed by atoms with Crippen LogP contribution in [0.1, 0.15) is 26.7 Å². The summed E-state index contributed by atoms with van der Waals surface area (Å²) in [6.45, 7) is 4.26. The molecule has 3 heteroatoms. The molecule has 0 bridgehead atoms. The van der Waals surface area contributed by atoms with Crippen molar-refractivity contribution in [2.45, 2.75) is 26.7 Å². The largest absolute Gasteiger partial charge is 0.302 e. The molecular weight excluding hydrogens is 188 g/mol. The van der Waals surface area contributed by atoms with Gasteiger partial charge < -0.3 is 4.79 Å². The van der Waals surface area contributed by atoms with Gasteiger partial charge in [-0.1, -0.05) is 38.3 Å². The zero-order valence-electron chi connectivity index (χ0n) is 7.29. The Labute approximate surface area is 83.5 Å². The molecule has 0 spiro atoms. The van der Waals surface area contributed by atoms with Crippen LogP contribution in [0.5, 0.6) is 0 Å². The van der Waals surface area contributed by atoms with Gasteiger partial charge in [-0.05, 0) is 18.3 Å². The van der Waals surface area contributed by atoms with Crippen molar-refractivity contribution in [1.29, 1.82) is 0 Å². The summed E-state index contributed by atoms with van der Waals surface area (Å²) in [6.07, 6.45) is 2.55. The second-order valence-corrected chi connectivity index (χ2v) is 5.11. The van der Waals surface area contributed by atoms with Crippen molar-refractivity contribution in [3.05, 3.63) is 0 Å². The van der Waals surface area contributed by atoms with E-state index < -0.39 is 0 Å². The fraction of sp³-hybridized carbons (Fsp3) is 0.667. The summed E-state index contributed by atoms with van der Waals surface area (Å²) in [5.41, 5.74) is 0.160. The Hall–Kier alpha value is -0.150. The van der Waals surface area contributed by atoms with Gasteiger partial charge in [0.25, 0.3) is 0 Å². The highest BCUT2D eigenvalue weighted by molar-refractivity contribution is 7.82. The average Bonchev–Trinajstić information content (AvgIpc) is 1.82. The molecule has 0 radical (unpaired) electrons. The molecule has 0 aromatic heterocycles. The molecular formula is C9H12OS2. The average molecular weight is 200 g/mol. The SMILES string of the molecule is CC1(C)CC(=S)C(C=O)C(=S)C1. The smallest absolute Gasteiger partial charge is 0.132 e. The van der Waals surface area contributed by atoms with Gasteiger partial charge in [-0.25, -0.2) is 0 Å². The lowest BCUT2D eigenvalue weighted by molar-refractivity contribution is -0.108. The molecule has 0 aromatic rings. The zero-order chi connectivity index (χ0) is 9.35. The summed E-state index contributed by atoms with van der Waals surface area (Å²) in [7, 11) is 0. The van der Waals surface area contributed by atoms with Gasteiger partial charge >= 0.3 is 0 Å². The Morgan fingerprint density at radius 2 is 1.75 bits per heavy atom. The van der Waals surface area contributed by atoms with Crippen molar-refractivity contribution in [1.82, 2.24) is 0 Å². The molecule has 1 nitrogen and oxygen atoms in total. The molecule has 0 unspecified atom stereocenters. The molecule has 0 amide bonds. The van der Waals surface area contributed by atoms with Crippen LogP contribution in [0, 0.1) is 11.3 Å². The van der Waals surface area contributed by atoms with Gasteiger partial charge in [0.1, 0.15) is 6.29 Å². The Bertz CT molecular complexity index is 223. The summed E-state index contributed by atoms with van der Waals surface area (Å²) < 4.78 is 0. The van der Waals surface area contributed by atoms with Gasteiger partial charge in [0.15, 0.2) is 0 Å². The van der Waals surface area contributed by atoms with E-state index in [0.717, 1.165) is 28.9 Å². The van der Waals surface area contributed by atoms with Gasteiger partial charge in [-0.15, -0.1) is 0 Å². The van der Waals surface area contributed by atoms with Crippen LogP contribution in [0.2, 0.25) is 0 Å². The highest BCUT2D eigenvalue weighted by Crippen LogP contribution is 2.34. The van der Waals surface area contributed by atoms with Crippen molar-refractivity contribution in [3.8, 4) is 0 Å². The monoisotopic (exact) mass is 200 g/mol. The zero-order valence-corrected chi connectivity index (χ0v) is 8.93. The van der Waals surface area contributed by atoms with E-state index in [-0.39, 0.29) is 11.3 Å². The van der Waals surface area contributed by atoms with Crippen molar-refractivity contribution < 1.29 is 4.79 Å². The van der Waals surface area contributed by atoms with E-state index in [9.17, 15) is 4.79 Å². The number of carbonyl (C=O) groups is 1. The van der Waals surface area contributed by atoms with E-state index in [1.807, 2.05) is 0 Å². The Morgan fingerprint density at radius 1 is 1.33 bits per heavy atom. The maximum absolute atomic E-state index is 10.6. The highest BCUT2D eigenvalue weighted by Gasteiger charge is 2.34. The van der Waals surface area contributed by atoms with Crippen LogP contribution in [0.3, 0.4) is 0 Å². The number of hydrogen-bond donors (Lipinski definition) is 0. The third-order valence-electron chi connectivity index (χ3n) is 2.14. The first-order valence-corrected chi connectivity index (χ1v) is 4.79. The first kappa shape index (κ1) is 9.93. The van der Waals surface area contributed by atoms with E-state index in [1.54, 1.807) is 0 Å². The van der Waals surface area contributed by atoms with Crippen LogP contribution >= 0.6 is 24.4 Å². The molecule has 1 aliphatic carbocycles. The van der Waals surface area contributed by atoms with Crippen molar-refractivity contribution in [2.24, 2.45) is 11.3 Å². The van der Waals surface area contributed by atoms with Crippen LogP contribution < -0.4 is 0 Å². The van der Waals surface area contributed by atoms with Gasteiger partial charge in [0.05, 0.1) is 5.92 Å². The fourth-order valence-electron chi connectivity index (χ4n) is 1.56. The molecule has 0 N–H and O–H groups in total. The van der Waals surface area contributed by atoms with Crippen LogP contribution in [-0.4, -0.2) is 16.0 Å². The summed E-state index contributed by atoms with van der Waals surface area (Å²) in [4.78, 5) is 12.2. The predicted molar refractivity (Wildman–Crippen MR) is 57.8 cm³/mol. The molecule has 66 valence electrons. The fourth-order valence-corrected chi connectivity index (χ4v) is 2.81. The minimum absolute atomic E-state index is 0.160. The lowest BCUT2D eigenvalue weighted by atomic mass is 9.73. The van der Waals surface area contributed by atoms with E-state index in [1.165, 1.54) is 0 Å². The Balaban J connectivity index is 2.84. The minimum Gasteiger partial charge on any atom is -0.302 e. The summed E-state index contributed by atoms with van der Waals surface area (Å²) >= 11 is 10.3. The van der Waals surface area contributed by atoms with E-state index >= 15 is 0 Å². The second kappa shape index (κ2) is 3.30. The highest BCUT2D eigenvalue weighted by atomic mass is 32.1. The molecule has 0 heterocycles. The maximum Gasteiger partial charge on any atom is 0.132 e. The molecule has 0 saturated heterocycles. The minimum atomic E-state index is -0.233. The molecule has 0 atom stereocenters. The molecule has 0 aliphatic heterocycles. The van der Waals surface area contributed by atoms with Crippen molar-refractivity contribution in [2.75, 3.05) is 0 Å². The van der Waals surface area contributed by atoms with Crippen LogP contribution in [0.4, 0.5) is 0 Å². The molecule has 1 aliphatic rings. The molecule has 1 saturated carbocycles. The number of thiocarbonyl (C=S) groups is 2. The summed E-state index contributed by atoms with van der Waals surface area (Å²) in [6, 6.07) is 0. The number of hydrogen-bond acceptors (Lipinski definition) is 3. The van der Waals surface area contributed by atoms with Crippen molar-refractivity contribution >= 4 is 40.5 Å². The molecule has 0 aromatic carbocycles. The van der Waals surface area contributed by atoms with Gasteiger partial charge in [0.2, 0.25) is 0 Å². The first-order chi connectivity index (χ1) is 5.46. The predicted octanol–water partition coefficient (Wildman–Crippen LogP) is 2.36. The van der Waals surface area contributed by atoms with Crippen molar-refractivity contribution in [3.63, 3.8) is 0 Å². The molecule has 1 rings (SSSR count). The van der Waals surface area contributed by atoms with E-state index in [2.05, 4.69) is 13.8 Å². The van der Waals surface area contributed by atoms with Crippen LogP contribution in [0.25, 0.3) is 0 Å². The van der Waals surface area contributed by atoms with Crippen LogP contribution in [-0.2, 0) is 4.79 Å². The third kappa shape index (κ3) is 1.96. The molecule has 12 heavy (non-hydrogen) atoms. The summed E-state index contributed by atoms with van der Waals surface area (Å²) in [5, 5.41) is 0. The Morgan fingerprint density at radius 3 is 2.08 bits per heavy atom. The number of aldehydes is 1. The Kier molecular flexibility index (Phi) is 2.74. The maximum atomic E-state index is 10.6. The third-order valence-corrected chi connectivity index (χ3v) is 2.93. The normalized spacial score (nSPS) is 24.2. The van der Waals surface area contributed by atoms with Crippen LogP contribution in [0.15, 0.2) is 0 Å². The first-order valence-electron chi connectivity index (χ1n) is 3.97. The standard InChI is InChI=1S/C9H12OS2/c1-9(2)3-7(11)6(5-10)8(12)4-9/h5-6H,3-4H2,1-2H3. The van der Waals surface area contributed by atoms with E-state index in [4.69, 9.17) is 24.4 Å². The van der Waals surface area contributed by atoms with Gasteiger partial charge in [-0.2, -0.15) is 0 Å². The van der Waals surface area contributed by atoms with Gasteiger partial charge in [-0.3, -0.25) is 0 Å².